The quantitative estimate of drug-likeness (QED) is 0.524. The van der Waals surface area contributed by atoms with Crippen molar-refractivity contribution in [1.82, 2.24) is 15.5 Å². The Balaban J connectivity index is 4.19. The summed E-state index contributed by atoms with van der Waals surface area (Å²) in [7, 11) is 4.78. The summed E-state index contributed by atoms with van der Waals surface area (Å²) >= 11 is 0. The molecule has 0 heterocycles. The van der Waals surface area contributed by atoms with Crippen molar-refractivity contribution in [2.24, 2.45) is 0 Å². The molecule has 0 atom stereocenters. The van der Waals surface area contributed by atoms with E-state index in [-0.39, 0.29) is 5.91 Å². The fraction of sp³-hybridized carbons (Fsp3) is 0.556. The lowest BCUT2D eigenvalue weighted by Crippen LogP contribution is -2.37. The summed E-state index contributed by atoms with van der Waals surface area (Å²) < 4.78 is 0. The lowest BCUT2D eigenvalue weighted by Gasteiger charge is -2.17. The zero-order valence-corrected chi connectivity index (χ0v) is 9.70. The Morgan fingerprint density at radius 2 is 1.73 bits per heavy atom. The Bertz CT molecular complexity index is 274. The standard InChI is InChI=1S/C9H17N3O3/c1-7(10-12(5)8(2)13)6-9(14)15-11(3)4/h6,10H,1-5H3/b7-6+. The van der Waals surface area contributed by atoms with Gasteiger partial charge in [0.05, 0.1) is 0 Å². The molecule has 0 saturated heterocycles. The second-order valence-electron chi connectivity index (χ2n) is 3.24. The third-order valence-corrected chi connectivity index (χ3v) is 1.42. The van der Waals surface area contributed by atoms with Crippen LogP contribution in [0.5, 0.6) is 0 Å². The van der Waals surface area contributed by atoms with Gasteiger partial charge in [-0.2, -0.15) is 0 Å². The highest BCUT2D eigenvalue weighted by Crippen LogP contribution is 1.92. The number of hydrogen-bond acceptors (Lipinski definition) is 5. The number of hydrazine groups is 1. The predicted molar refractivity (Wildman–Crippen MR) is 55.1 cm³/mol. The number of hydroxylamine groups is 2. The highest BCUT2D eigenvalue weighted by Gasteiger charge is 2.04. The Labute approximate surface area is 89.4 Å². The number of carbonyl (C=O) groups is 2. The molecule has 6 nitrogen and oxygen atoms in total. The lowest BCUT2D eigenvalue weighted by molar-refractivity contribution is -0.171. The van der Waals surface area contributed by atoms with Crippen LogP contribution in [0.4, 0.5) is 0 Å². The number of hydrogen-bond donors (Lipinski definition) is 1. The van der Waals surface area contributed by atoms with Crippen molar-refractivity contribution in [1.29, 1.82) is 0 Å². The minimum atomic E-state index is -0.498. The largest absolute Gasteiger partial charge is 0.365 e. The highest BCUT2D eigenvalue weighted by atomic mass is 16.7. The molecule has 0 fully saturated rings. The summed E-state index contributed by atoms with van der Waals surface area (Å²) in [6, 6.07) is 0. The topological polar surface area (TPSA) is 61.9 Å². The van der Waals surface area contributed by atoms with E-state index in [0.717, 1.165) is 0 Å². The van der Waals surface area contributed by atoms with Crippen LogP contribution < -0.4 is 5.43 Å². The molecule has 0 saturated carbocycles. The molecule has 86 valence electrons. The number of nitrogens with zero attached hydrogens (tertiary/aromatic N) is 2. The van der Waals surface area contributed by atoms with Crippen LogP contribution in [0.3, 0.4) is 0 Å². The number of amides is 1. The van der Waals surface area contributed by atoms with Crippen molar-refractivity contribution in [3.63, 3.8) is 0 Å². The lowest BCUT2D eigenvalue weighted by atomic mass is 10.4. The molecular formula is C9H17N3O3. The van der Waals surface area contributed by atoms with Crippen LogP contribution >= 0.6 is 0 Å². The van der Waals surface area contributed by atoms with Gasteiger partial charge in [-0.3, -0.25) is 9.80 Å². The molecule has 0 aliphatic rings. The van der Waals surface area contributed by atoms with Crippen LogP contribution in [0.25, 0.3) is 0 Å². The maximum Gasteiger partial charge on any atom is 0.351 e. The first kappa shape index (κ1) is 13.4. The van der Waals surface area contributed by atoms with Crippen LogP contribution in [0.1, 0.15) is 13.8 Å². The molecule has 0 spiro atoms. The van der Waals surface area contributed by atoms with E-state index in [1.807, 2.05) is 0 Å². The molecule has 1 amide bonds. The van der Waals surface area contributed by atoms with E-state index in [9.17, 15) is 9.59 Å². The average molecular weight is 215 g/mol. The Morgan fingerprint density at radius 1 is 1.20 bits per heavy atom. The van der Waals surface area contributed by atoms with Crippen molar-refractivity contribution >= 4 is 11.9 Å². The monoisotopic (exact) mass is 215 g/mol. The molecule has 0 aromatic rings. The summed E-state index contributed by atoms with van der Waals surface area (Å²) in [6.45, 7) is 3.08. The third kappa shape index (κ3) is 6.50. The molecule has 0 bridgehead atoms. The molecule has 0 aromatic carbocycles. The first-order valence-corrected chi connectivity index (χ1v) is 4.41. The van der Waals surface area contributed by atoms with Gasteiger partial charge in [0.2, 0.25) is 5.91 Å². The van der Waals surface area contributed by atoms with Gasteiger partial charge < -0.3 is 10.3 Å². The number of carbonyl (C=O) groups excluding carboxylic acids is 2. The van der Waals surface area contributed by atoms with Gasteiger partial charge in [-0.1, -0.05) is 0 Å². The van der Waals surface area contributed by atoms with Crippen LogP contribution in [0.15, 0.2) is 11.8 Å². The van der Waals surface area contributed by atoms with Gasteiger partial charge in [0.15, 0.2) is 0 Å². The molecule has 15 heavy (non-hydrogen) atoms. The van der Waals surface area contributed by atoms with Gasteiger partial charge in [-0.15, -0.1) is 5.06 Å². The molecule has 0 rings (SSSR count). The van der Waals surface area contributed by atoms with Crippen molar-refractivity contribution in [2.45, 2.75) is 13.8 Å². The molecule has 0 unspecified atom stereocenters. The van der Waals surface area contributed by atoms with Crippen molar-refractivity contribution in [3.05, 3.63) is 11.8 Å². The van der Waals surface area contributed by atoms with E-state index >= 15 is 0 Å². The van der Waals surface area contributed by atoms with Crippen molar-refractivity contribution < 1.29 is 14.4 Å². The van der Waals surface area contributed by atoms with Crippen LogP contribution in [0, 0.1) is 0 Å². The number of nitrogens with one attached hydrogen (secondary N) is 1. The van der Waals surface area contributed by atoms with Gasteiger partial charge >= 0.3 is 5.97 Å². The second-order valence-corrected chi connectivity index (χ2v) is 3.24. The maximum atomic E-state index is 11.1. The Morgan fingerprint density at radius 3 is 2.13 bits per heavy atom. The van der Waals surface area contributed by atoms with Gasteiger partial charge in [0, 0.05) is 39.8 Å². The second kappa shape index (κ2) is 6.02. The van der Waals surface area contributed by atoms with E-state index in [4.69, 9.17) is 4.84 Å². The Hall–Kier alpha value is -1.56. The average Bonchev–Trinajstić information content (AvgIpc) is 2.00. The number of allylic oxidation sites excluding steroid dienone is 1. The Kier molecular flexibility index (Phi) is 5.40. The normalized spacial score (nSPS) is 11.2. The van der Waals surface area contributed by atoms with E-state index in [0.29, 0.717) is 5.70 Å². The minimum absolute atomic E-state index is 0.149. The fourth-order valence-electron chi connectivity index (χ4n) is 0.759. The molecule has 0 aromatic heterocycles. The highest BCUT2D eigenvalue weighted by molar-refractivity contribution is 5.82. The molecule has 0 aliphatic carbocycles. The summed E-state index contributed by atoms with van der Waals surface area (Å²) in [6.07, 6.45) is 1.26. The first-order valence-electron chi connectivity index (χ1n) is 4.41. The summed E-state index contributed by atoms with van der Waals surface area (Å²) in [5.41, 5.74) is 3.24. The summed E-state index contributed by atoms with van der Waals surface area (Å²) in [5, 5.41) is 2.57. The van der Waals surface area contributed by atoms with Gasteiger partial charge in [0.25, 0.3) is 0 Å². The zero-order valence-electron chi connectivity index (χ0n) is 9.70. The molecule has 0 aliphatic heterocycles. The zero-order chi connectivity index (χ0) is 12.0. The third-order valence-electron chi connectivity index (χ3n) is 1.42. The molecular weight excluding hydrogens is 198 g/mol. The van der Waals surface area contributed by atoms with Crippen LogP contribution in [0.2, 0.25) is 0 Å². The smallest absolute Gasteiger partial charge is 0.351 e. The van der Waals surface area contributed by atoms with E-state index in [1.54, 1.807) is 28.1 Å². The van der Waals surface area contributed by atoms with Gasteiger partial charge in [-0.05, 0) is 6.92 Å². The summed E-state index contributed by atoms with van der Waals surface area (Å²) in [5.74, 6) is -0.648. The predicted octanol–water partition coefficient (Wildman–Crippen LogP) is -0.107. The molecule has 1 N–H and O–H groups in total. The SMILES string of the molecule is CC(=O)N(C)N/C(C)=C/C(=O)ON(C)C. The first-order chi connectivity index (χ1) is 6.82. The van der Waals surface area contributed by atoms with Crippen molar-refractivity contribution in [2.75, 3.05) is 21.1 Å². The van der Waals surface area contributed by atoms with E-state index < -0.39 is 5.97 Å². The van der Waals surface area contributed by atoms with Crippen LogP contribution in [-0.2, 0) is 14.4 Å². The summed E-state index contributed by atoms with van der Waals surface area (Å²) in [4.78, 5) is 26.7. The number of rotatable bonds is 4. The van der Waals surface area contributed by atoms with E-state index in [2.05, 4.69) is 5.43 Å². The van der Waals surface area contributed by atoms with E-state index in [1.165, 1.54) is 23.1 Å². The fourth-order valence-corrected chi connectivity index (χ4v) is 0.759. The van der Waals surface area contributed by atoms with Crippen LogP contribution in [-0.4, -0.2) is 43.1 Å². The maximum absolute atomic E-state index is 11.1. The van der Waals surface area contributed by atoms with Crippen molar-refractivity contribution in [3.8, 4) is 0 Å². The molecule has 6 heteroatoms. The minimum Gasteiger partial charge on any atom is -0.365 e. The van der Waals surface area contributed by atoms with Gasteiger partial charge in [-0.25, -0.2) is 4.79 Å². The van der Waals surface area contributed by atoms with Gasteiger partial charge in [0.1, 0.15) is 0 Å². The molecule has 0 radical (unpaired) electrons.